The van der Waals surface area contributed by atoms with Crippen molar-refractivity contribution >= 4 is 5.91 Å². The van der Waals surface area contributed by atoms with Crippen LogP contribution in [-0.4, -0.2) is 25.0 Å². The largest absolute Gasteiger partial charge is 0.351 e. The van der Waals surface area contributed by atoms with Gasteiger partial charge in [0.15, 0.2) is 0 Å². The molecule has 2 atom stereocenters. The van der Waals surface area contributed by atoms with Crippen LogP contribution in [0.3, 0.4) is 0 Å². The summed E-state index contributed by atoms with van der Waals surface area (Å²) in [5, 5.41) is 6.32. The van der Waals surface area contributed by atoms with Crippen LogP contribution in [0.2, 0.25) is 0 Å². The van der Waals surface area contributed by atoms with Gasteiger partial charge in [-0.2, -0.15) is 0 Å². The third kappa shape index (κ3) is 4.12. The van der Waals surface area contributed by atoms with Crippen molar-refractivity contribution in [2.24, 2.45) is 11.8 Å². The minimum Gasteiger partial charge on any atom is -0.351 e. The Bertz CT molecular complexity index is 231. The van der Waals surface area contributed by atoms with E-state index >= 15 is 0 Å². The highest BCUT2D eigenvalue weighted by Crippen LogP contribution is 2.30. The summed E-state index contributed by atoms with van der Waals surface area (Å²) in [6.07, 6.45) is 4.70. The molecule has 3 nitrogen and oxygen atoms in total. The lowest BCUT2D eigenvalue weighted by atomic mass is 9.78. The molecule has 0 aromatic heterocycles. The summed E-state index contributed by atoms with van der Waals surface area (Å²) in [4.78, 5) is 12.2. The van der Waals surface area contributed by atoms with Gasteiger partial charge in [-0.05, 0) is 53.1 Å². The van der Waals surface area contributed by atoms with E-state index in [-0.39, 0.29) is 17.4 Å². The number of nitrogens with one attached hydrogen (secondary N) is 2. The molecule has 1 rings (SSSR count). The first-order valence-electron chi connectivity index (χ1n) is 6.40. The molecule has 2 unspecified atom stereocenters. The van der Waals surface area contributed by atoms with Gasteiger partial charge >= 0.3 is 0 Å². The minimum atomic E-state index is -0.112. The molecule has 0 saturated heterocycles. The van der Waals surface area contributed by atoms with E-state index in [0.717, 1.165) is 13.0 Å². The molecule has 0 spiro atoms. The smallest absolute Gasteiger partial charge is 0.223 e. The average molecular weight is 226 g/mol. The highest BCUT2D eigenvalue weighted by molar-refractivity contribution is 5.79. The lowest BCUT2D eigenvalue weighted by Crippen LogP contribution is -2.47. The van der Waals surface area contributed by atoms with Gasteiger partial charge in [0.05, 0.1) is 0 Å². The normalized spacial score (nSPS) is 26.5. The first-order chi connectivity index (χ1) is 7.44. The third-order valence-corrected chi connectivity index (χ3v) is 3.21. The molecule has 2 N–H and O–H groups in total. The van der Waals surface area contributed by atoms with Crippen molar-refractivity contribution in [3.8, 4) is 0 Å². The molecule has 0 bridgehead atoms. The summed E-state index contributed by atoms with van der Waals surface area (Å²) >= 11 is 0. The Balaban J connectivity index is 2.57. The van der Waals surface area contributed by atoms with Gasteiger partial charge in [-0.1, -0.05) is 12.8 Å². The predicted molar refractivity (Wildman–Crippen MR) is 67.3 cm³/mol. The van der Waals surface area contributed by atoms with E-state index in [9.17, 15) is 4.79 Å². The van der Waals surface area contributed by atoms with Crippen LogP contribution in [0.25, 0.3) is 0 Å². The second kappa shape index (κ2) is 5.67. The second-order valence-corrected chi connectivity index (χ2v) is 5.95. The van der Waals surface area contributed by atoms with Gasteiger partial charge in [-0.3, -0.25) is 4.79 Å². The van der Waals surface area contributed by atoms with Gasteiger partial charge in [-0.25, -0.2) is 0 Å². The maximum atomic E-state index is 12.2. The molecular formula is C13H26N2O. The zero-order valence-corrected chi connectivity index (χ0v) is 11.1. The number of carbonyl (C=O) groups excluding carboxylic acids is 1. The van der Waals surface area contributed by atoms with Crippen LogP contribution in [0.4, 0.5) is 0 Å². The molecule has 1 saturated carbocycles. The van der Waals surface area contributed by atoms with Crippen molar-refractivity contribution in [2.75, 3.05) is 13.6 Å². The molecule has 3 heteroatoms. The molecule has 1 aliphatic carbocycles. The Kier molecular flexibility index (Phi) is 4.78. The van der Waals surface area contributed by atoms with Gasteiger partial charge in [0.2, 0.25) is 5.91 Å². The molecule has 1 fully saturated rings. The Hall–Kier alpha value is -0.570. The Labute approximate surface area is 99.4 Å². The molecule has 0 aliphatic heterocycles. The van der Waals surface area contributed by atoms with Gasteiger partial charge in [0, 0.05) is 11.5 Å². The second-order valence-electron chi connectivity index (χ2n) is 5.95. The first-order valence-corrected chi connectivity index (χ1v) is 6.40. The highest BCUT2D eigenvalue weighted by Gasteiger charge is 2.31. The van der Waals surface area contributed by atoms with E-state index in [2.05, 4.69) is 10.6 Å². The zero-order chi connectivity index (χ0) is 12.2. The van der Waals surface area contributed by atoms with Gasteiger partial charge in [0.25, 0.3) is 0 Å². The van der Waals surface area contributed by atoms with Crippen molar-refractivity contribution < 1.29 is 4.79 Å². The SMILES string of the molecule is CNCC1CCCCC1C(=O)NC(C)(C)C. The average Bonchev–Trinajstić information content (AvgIpc) is 2.16. The van der Waals surface area contributed by atoms with Crippen LogP contribution in [0.1, 0.15) is 46.5 Å². The van der Waals surface area contributed by atoms with Crippen LogP contribution in [0.5, 0.6) is 0 Å². The van der Waals surface area contributed by atoms with Crippen molar-refractivity contribution in [1.29, 1.82) is 0 Å². The Morgan fingerprint density at radius 3 is 2.44 bits per heavy atom. The summed E-state index contributed by atoms with van der Waals surface area (Å²) in [5.74, 6) is 0.967. The Morgan fingerprint density at radius 1 is 1.25 bits per heavy atom. The van der Waals surface area contributed by atoms with Gasteiger partial charge < -0.3 is 10.6 Å². The van der Waals surface area contributed by atoms with E-state index in [0.29, 0.717) is 5.92 Å². The van der Waals surface area contributed by atoms with Crippen molar-refractivity contribution in [3.63, 3.8) is 0 Å². The number of rotatable bonds is 3. The summed E-state index contributed by atoms with van der Waals surface area (Å²) in [6.45, 7) is 7.09. The molecular weight excluding hydrogens is 200 g/mol. The van der Waals surface area contributed by atoms with Crippen molar-refractivity contribution in [1.82, 2.24) is 10.6 Å². The highest BCUT2D eigenvalue weighted by atomic mass is 16.2. The number of amides is 1. The van der Waals surface area contributed by atoms with Crippen molar-refractivity contribution in [2.45, 2.75) is 52.0 Å². The number of hydrogen-bond donors (Lipinski definition) is 2. The van der Waals surface area contributed by atoms with Crippen LogP contribution in [0, 0.1) is 11.8 Å². The van der Waals surface area contributed by atoms with E-state index in [1.807, 2.05) is 27.8 Å². The molecule has 1 amide bonds. The summed E-state index contributed by atoms with van der Waals surface area (Å²) in [6, 6.07) is 0. The molecule has 16 heavy (non-hydrogen) atoms. The Morgan fingerprint density at radius 2 is 1.88 bits per heavy atom. The fourth-order valence-corrected chi connectivity index (χ4v) is 2.52. The number of hydrogen-bond acceptors (Lipinski definition) is 2. The van der Waals surface area contributed by atoms with E-state index in [1.54, 1.807) is 0 Å². The lowest BCUT2D eigenvalue weighted by molar-refractivity contribution is -0.129. The van der Waals surface area contributed by atoms with E-state index < -0.39 is 0 Å². The topological polar surface area (TPSA) is 41.1 Å². The fourth-order valence-electron chi connectivity index (χ4n) is 2.52. The molecule has 0 heterocycles. The number of carbonyl (C=O) groups is 1. The van der Waals surface area contributed by atoms with Crippen molar-refractivity contribution in [3.05, 3.63) is 0 Å². The van der Waals surface area contributed by atoms with Gasteiger partial charge in [-0.15, -0.1) is 0 Å². The summed E-state index contributed by atoms with van der Waals surface area (Å²) in [5.41, 5.74) is -0.112. The monoisotopic (exact) mass is 226 g/mol. The molecule has 0 aromatic carbocycles. The van der Waals surface area contributed by atoms with Crippen LogP contribution in [0.15, 0.2) is 0 Å². The zero-order valence-electron chi connectivity index (χ0n) is 11.1. The van der Waals surface area contributed by atoms with E-state index in [1.165, 1.54) is 19.3 Å². The molecule has 0 aromatic rings. The minimum absolute atomic E-state index is 0.112. The first kappa shape index (κ1) is 13.5. The predicted octanol–water partition coefficient (Wildman–Crippen LogP) is 1.93. The standard InChI is InChI=1S/C13H26N2O/c1-13(2,3)15-12(16)11-8-6-5-7-10(11)9-14-4/h10-11,14H,5-9H2,1-4H3,(H,15,16). The molecule has 0 radical (unpaired) electrons. The maximum absolute atomic E-state index is 12.2. The summed E-state index contributed by atoms with van der Waals surface area (Å²) in [7, 11) is 1.97. The van der Waals surface area contributed by atoms with Crippen LogP contribution in [-0.2, 0) is 4.79 Å². The molecule has 1 aliphatic rings. The fraction of sp³-hybridized carbons (Fsp3) is 0.923. The summed E-state index contributed by atoms with van der Waals surface area (Å²) < 4.78 is 0. The van der Waals surface area contributed by atoms with Crippen LogP contribution >= 0.6 is 0 Å². The van der Waals surface area contributed by atoms with Crippen LogP contribution < -0.4 is 10.6 Å². The van der Waals surface area contributed by atoms with Gasteiger partial charge in [0.1, 0.15) is 0 Å². The lowest BCUT2D eigenvalue weighted by Gasteiger charge is -2.33. The quantitative estimate of drug-likeness (QED) is 0.772. The molecule has 94 valence electrons. The van der Waals surface area contributed by atoms with E-state index in [4.69, 9.17) is 0 Å². The third-order valence-electron chi connectivity index (χ3n) is 3.21. The maximum Gasteiger partial charge on any atom is 0.223 e.